The van der Waals surface area contributed by atoms with E-state index in [2.05, 4.69) is 62.2 Å². The number of fused-ring (bicyclic) bond motifs is 2. The van der Waals surface area contributed by atoms with Crippen LogP contribution in [0.2, 0.25) is 0 Å². The van der Waals surface area contributed by atoms with E-state index >= 15 is 0 Å². The Morgan fingerprint density at radius 2 is 1.57 bits per heavy atom. The number of hydrogen-bond acceptors (Lipinski definition) is 1. The molecule has 1 heterocycles. The maximum Gasteiger partial charge on any atom is 0.0432 e. The molecule has 0 spiro atoms. The van der Waals surface area contributed by atoms with E-state index in [0.717, 1.165) is 19.4 Å². The van der Waals surface area contributed by atoms with Crippen molar-refractivity contribution in [2.45, 2.75) is 59.9 Å². The van der Waals surface area contributed by atoms with E-state index in [9.17, 15) is 0 Å². The lowest BCUT2D eigenvalue weighted by atomic mass is 9.83. The van der Waals surface area contributed by atoms with E-state index in [0.29, 0.717) is 0 Å². The summed E-state index contributed by atoms with van der Waals surface area (Å²) in [5.74, 6) is 0. The minimum Gasteiger partial charge on any atom is -0.370 e. The van der Waals surface area contributed by atoms with Crippen LogP contribution in [0.5, 0.6) is 0 Å². The van der Waals surface area contributed by atoms with Gasteiger partial charge >= 0.3 is 0 Å². The van der Waals surface area contributed by atoms with Crippen LogP contribution in [0.3, 0.4) is 0 Å². The van der Waals surface area contributed by atoms with Crippen LogP contribution in [-0.4, -0.2) is 11.9 Å². The number of rotatable bonds is 2. The summed E-state index contributed by atoms with van der Waals surface area (Å²) in [4.78, 5) is 2.42. The Kier molecular flexibility index (Phi) is 6.27. The Labute approximate surface area is 142 Å². The van der Waals surface area contributed by atoms with Crippen LogP contribution in [0, 0.1) is 0 Å². The van der Waals surface area contributed by atoms with Gasteiger partial charge in [-0.15, -0.1) is 0 Å². The van der Waals surface area contributed by atoms with Gasteiger partial charge in [-0.3, -0.25) is 0 Å². The van der Waals surface area contributed by atoms with Gasteiger partial charge in [0.15, 0.2) is 0 Å². The summed E-state index contributed by atoms with van der Waals surface area (Å²) in [5.41, 5.74) is 8.90. The van der Waals surface area contributed by atoms with E-state index in [1.165, 1.54) is 35.2 Å². The first-order valence-corrected chi connectivity index (χ1v) is 9.18. The first-order chi connectivity index (χ1) is 11.3. The highest BCUT2D eigenvalue weighted by atomic mass is 15.1. The van der Waals surface area contributed by atoms with Crippen LogP contribution in [-0.2, 0) is 6.54 Å². The summed E-state index contributed by atoms with van der Waals surface area (Å²) in [7, 11) is 2.23. The van der Waals surface area contributed by atoms with E-state index < -0.39 is 0 Å². The van der Waals surface area contributed by atoms with Crippen molar-refractivity contribution in [2.24, 2.45) is 0 Å². The zero-order valence-electron chi connectivity index (χ0n) is 15.4. The first-order valence-electron chi connectivity index (χ1n) is 9.18. The van der Waals surface area contributed by atoms with Crippen molar-refractivity contribution in [3.05, 3.63) is 64.4 Å². The third kappa shape index (κ3) is 3.44. The highest BCUT2D eigenvalue weighted by molar-refractivity contribution is 5.77. The van der Waals surface area contributed by atoms with Gasteiger partial charge in [-0.1, -0.05) is 64.1 Å². The molecule has 0 fully saturated rings. The molecule has 1 aromatic carbocycles. The average Bonchev–Trinajstić information content (AvgIpc) is 2.61. The van der Waals surface area contributed by atoms with Gasteiger partial charge in [-0.25, -0.2) is 0 Å². The van der Waals surface area contributed by atoms with Gasteiger partial charge in [0.25, 0.3) is 0 Å². The number of nitrogens with zero attached hydrogens (tertiary/aromatic N) is 1. The highest BCUT2D eigenvalue weighted by Gasteiger charge is 2.23. The summed E-state index contributed by atoms with van der Waals surface area (Å²) in [6.45, 7) is 9.59. The number of allylic oxidation sites excluding steroid dienone is 4. The van der Waals surface area contributed by atoms with E-state index in [-0.39, 0.29) is 0 Å². The molecule has 0 bridgehead atoms. The lowest BCUT2D eigenvalue weighted by Crippen LogP contribution is -2.23. The molecule has 124 valence electrons. The quantitative estimate of drug-likeness (QED) is 0.616. The molecule has 0 amide bonds. The predicted octanol–water partition coefficient (Wildman–Crippen LogP) is 6.34. The van der Waals surface area contributed by atoms with E-state index in [1.807, 2.05) is 13.8 Å². The SMILES string of the molecule is CC.CC/C1=C(\CC)c2ccccc2CN(C)C2=CCCC=C21. The summed E-state index contributed by atoms with van der Waals surface area (Å²) in [6.07, 6.45) is 9.43. The molecule has 3 rings (SSSR count). The molecule has 0 N–H and O–H groups in total. The third-order valence-corrected chi connectivity index (χ3v) is 4.69. The van der Waals surface area contributed by atoms with Crippen molar-refractivity contribution in [1.82, 2.24) is 4.90 Å². The van der Waals surface area contributed by atoms with E-state index in [4.69, 9.17) is 0 Å². The lowest BCUT2D eigenvalue weighted by molar-refractivity contribution is 0.413. The molecule has 1 heteroatoms. The maximum atomic E-state index is 2.45. The van der Waals surface area contributed by atoms with Crippen LogP contribution in [0.4, 0.5) is 0 Å². The molecule has 2 aliphatic rings. The summed E-state index contributed by atoms with van der Waals surface area (Å²) >= 11 is 0. The number of likely N-dealkylation sites (N-methyl/N-ethyl adjacent to an activating group) is 1. The first kappa shape index (κ1) is 17.6. The molecule has 0 saturated heterocycles. The fraction of sp³-hybridized carbons (Fsp3) is 0.455. The molecule has 0 unspecified atom stereocenters. The fourth-order valence-corrected chi connectivity index (χ4v) is 3.73. The summed E-state index contributed by atoms with van der Waals surface area (Å²) in [5, 5.41) is 0. The second kappa shape index (κ2) is 8.19. The van der Waals surface area contributed by atoms with Crippen molar-refractivity contribution in [2.75, 3.05) is 7.05 Å². The number of hydrogen-bond donors (Lipinski definition) is 0. The molecule has 0 radical (unpaired) electrons. The van der Waals surface area contributed by atoms with Gasteiger partial charge in [0, 0.05) is 19.3 Å². The molecule has 23 heavy (non-hydrogen) atoms. The van der Waals surface area contributed by atoms with Crippen LogP contribution >= 0.6 is 0 Å². The predicted molar refractivity (Wildman–Crippen MR) is 102 cm³/mol. The second-order valence-corrected chi connectivity index (χ2v) is 5.96. The Morgan fingerprint density at radius 3 is 2.26 bits per heavy atom. The molecule has 0 atom stereocenters. The maximum absolute atomic E-state index is 2.45. The smallest absolute Gasteiger partial charge is 0.0432 e. The fourth-order valence-electron chi connectivity index (χ4n) is 3.73. The largest absolute Gasteiger partial charge is 0.370 e. The van der Waals surface area contributed by atoms with Gasteiger partial charge in [-0.05, 0) is 53.5 Å². The Morgan fingerprint density at radius 1 is 0.913 bits per heavy atom. The second-order valence-electron chi connectivity index (χ2n) is 5.96. The van der Waals surface area contributed by atoms with Gasteiger partial charge in [-0.2, -0.15) is 0 Å². The van der Waals surface area contributed by atoms with Crippen LogP contribution in [0.15, 0.2) is 53.3 Å². The highest BCUT2D eigenvalue weighted by Crippen LogP contribution is 2.39. The van der Waals surface area contributed by atoms with E-state index in [1.54, 1.807) is 11.1 Å². The normalized spacial score (nSPS) is 20.1. The molecule has 0 aromatic heterocycles. The van der Waals surface area contributed by atoms with Crippen molar-refractivity contribution < 1.29 is 0 Å². The molecule has 1 aliphatic carbocycles. The van der Waals surface area contributed by atoms with Crippen LogP contribution < -0.4 is 0 Å². The minimum absolute atomic E-state index is 1.000. The van der Waals surface area contributed by atoms with Crippen molar-refractivity contribution in [3.8, 4) is 0 Å². The summed E-state index contributed by atoms with van der Waals surface area (Å²) < 4.78 is 0. The monoisotopic (exact) mass is 309 g/mol. The molecule has 0 saturated carbocycles. The van der Waals surface area contributed by atoms with Crippen LogP contribution in [0.1, 0.15) is 64.5 Å². The lowest BCUT2D eigenvalue weighted by Gasteiger charge is -2.33. The minimum atomic E-state index is 1.000. The Bertz CT molecular complexity index is 631. The van der Waals surface area contributed by atoms with Gasteiger partial charge in [0.2, 0.25) is 0 Å². The third-order valence-electron chi connectivity index (χ3n) is 4.69. The van der Waals surface area contributed by atoms with Gasteiger partial charge in [0.1, 0.15) is 0 Å². The zero-order chi connectivity index (χ0) is 16.8. The molecule has 1 aliphatic heterocycles. The molecular weight excluding hydrogens is 278 g/mol. The molecular formula is C22H31N. The summed E-state index contributed by atoms with van der Waals surface area (Å²) in [6, 6.07) is 8.93. The zero-order valence-corrected chi connectivity index (χ0v) is 15.4. The number of benzene rings is 1. The van der Waals surface area contributed by atoms with Crippen molar-refractivity contribution >= 4 is 5.57 Å². The average molecular weight is 309 g/mol. The Balaban J connectivity index is 0.000000924. The van der Waals surface area contributed by atoms with Crippen molar-refractivity contribution in [3.63, 3.8) is 0 Å². The topological polar surface area (TPSA) is 3.24 Å². The Hall–Kier alpha value is -1.76. The van der Waals surface area contributed by atoms with Gasteiger partial charge < -0.3 is 4.90 Å². The molecule has 1 nitrogen and oxygen atoms in total. The van der Waals surface area contributed by atoms with Crippen molar-refractivity contribution in [1.29, 1.82) is 0 Å². The van der Waals surface area contributed by atoms with Crippen LogP contribution in [0.25, 0.3) is 5.57 Å². The standard InChI is InChI=1S/C20H25N.C2H6/c1-4-16-17(5-2)19-12-8-9-13-20(19)21(3)14-15-10-6-7-11-18(15)16;1-2/h6-7,10-13H,4-5,8-9,14H2,1-3H3;1-2H3/b17-16-;. The van der Waals surface area contributed by atoms with Gasteiger partial charge in [0.05, 0.1) is 0 Å². The molecule has 1 aromatic rings.